The first kappa shape index (κ1) is 11.0. The minimum absolute atomic E-state index is 0.0988. The van der Waals surface area contributed by atoms with Crippen LogP contribution in [-0.4, -0.2) is 25.7 Å². The third kappa shape index (κ3) is 2.52. The van der Waals surface area contributed by atoms with Crippen LogP contribution in [0.2, 0.25) is 0 Å². The molecule has 1 aromatic rings. The second-order valence-corrected chi connectivity index (χ2v) is 3.75. The van der Waals surface area contributed by atoms with Crippen molar-refractivity contribution in [1.82, 2.24) is 5.32 Å². The summed E-state index contributed by atoms with van der Waals surface area (Å²) in [6, 6.07) is 7.38. The highest BCUT2D eigenvalue weighted by atomic mass is 16.5. The first-order chi connectivity index (χ1) is 7.79. The second kappa shape index (κ2) is 4.99. The average Bonchev–Trinajstić information content (AvgIpc) is 2.25. The molecule has 1 fully saturated rings. The lowest BCUT2D eigenvalue weighted by molar-refractivity contribution is -0.149. The number of hydrogen-bond donors (Lipinski definition) is 1. The molecule has 1 heterocycles. The lowest BCUT2D eigenvalue weighted by atomic mass is 10.1. The molecule has 0 aromatic heterocycles. The zero-order chi connectivity index (χ0) is 11.4. The van der Waals surface area contributed by atoms with Crippen molar-refractivity contribution in [1.29, 1.82) is 0 Å². The monoisotopic (exact) mass is 221 g/mol. The smallest absolute Gasteiger partial charge is 0.323 e. The van der Waals surface area contributed by atoms with E-state index in [-0.39, 0.29) is 12.0 Å². The highest BCUT2D eigenvalue weighted by Crippen LogP contribution is 2.13. The van der Waals surface area contributed by atoms with Gasteiger partial charge in [0.15, 0.2) is 0 Å². The average molecular weight is 221 g/mol. The van der Waals surface area contributed by atoms with Gasteiger partial charge in [-0.05, 0) is 30.7 Å². The molecule has 1 atom stereocenters. The number of ether oxygens (including phenoxy) is 2. The molecule has 2 rings (SSSR count). The standard InChI is InChI=1S/C12H15NO3/c1-15-10-4-2-9(3-5-10)8-16-12(14)11-6-7-13-11/h2-5,11,13H,6-8H2,1H3. The molecule has 0 radical (unpaired) electrons. The summed E-state index contributed by atoms with van der Waals surface area (Å²) in [5.41, 5.74) is 0.966. The number of methoxy groups -OCH3 is 1. The van der Waals surface area contributed by atoms with Crippen LogP contribution in [0.3, 0.4) is 0 Å². The van der Waals surface area contributed by atoms with E-state index < -0.39 is 0 Å². The minimum Gasteiger partial charge on any atom is -0.497 e. The molecule has 1 aromatic carbocycles. The Kier molecular flexibility index (Phi) is 3.41. The topological polar surface area (TPSA) is 47.6 Å². The second-order valence-electron chi connectivity index (χ2n) is 3.75. The van der Waals surface area contributed by atoms with Gasteiger partial charge in [0.2, 0.25) is 0 Å². The van der Waals surface area contributed by atoms with Crippen molar-refractivity contribution < 1.29 is 14.3 Å². The van der Waals surface area contributed by atoms with Crippen molar-refractivity contribution in [2.45, 2.75) is 19.1 Å². The maximum absolute atomic E-state index is 11.4. The van der Waals surface area contributed by atoms with Gasteiger partial charge in [-0.1, -0.05) is 12.1 Å². The van der Waals surface area contributed by atoms with Crippen LogP contribution in [0.25, 0.3) is 0 Å². The Morgan fingerprint density at radius 3 is 2.62 bits per heavy atom. The molecule has 4 nitrogen and oxygen atoms in total. The molecule has 0 amide bonds. The third-order valence-corrected chi connectivity index (χ3v) is 2.65. The molecular formula is C12H15NO3. The molecule has 86 valence electrons. The van der Waals surface area contributed by atoms with E-state index in [0.29, 0.717) is 6.61 Å². The minimum atomic E-state index is -0.165. The van der Waals surface area contributed by atoms with E-state index >= 15 is 0 Å². The fraction of sp³-hybridized carbons (Fsp3) is 0.417. The first-order valence-electron chi connectivity index (χ1n) is 5.32. The Hall–Kier alpha value is -1.55. The number of rotatable bonds is 4. The summed E-state index contributed by atoms with van der Waals surface area (Å²) in [5, 5.41) is 3.01. The Labute approximate surface area is 94.6 Å². The summed E-state index contributed by atoms with van der Waals surface area (Å²) in [7, 11) is 1.62. The van der Waals surface area contributed by atoms with Crippen molar-refractivity contribution in [3.63, 3.8) is 0 Å². The normalized spacial score (nSPS) is 18.7. The molecular weight excluding hydrogens is 206 g/mol. The van der Waals surface area contributed by atoms with Gasteiger partial charge >= 0.3 is 5.97 Å². The summed E-state index contributed by atoms with van der Waals surface area (Å²) < 4.78 is 10.2. The van der Waals surface area contributed by atoms with E-state index in [0.717, 1.165) is 24.3 Å². The summed E-state index contributed by atoms with van der Waals surface area (Å²) in [6.45, 7) is 1.23. The van der Waals surface area contributed by atoms with Crippen LogP contribution >= 0.6 is 0 Å². The maximum Gasteiger partial charge on any atom is 0.323 e. The zero-order valence-electron chi connectivity index (χ0n) is 9.23. The van der Waals surface area contributed by atoms with Gasteiger partial charge in [0, 0.05) is 0 Å². The number of nitrogens with one attached hydrogen (secondary N) is 1. The lowest BCUT2D eigenvalue weighted by Crippen LogP contribution is -2.49. The zero-order valence-corrected chi connectivity index (χ0v) is 9.23. The molecule has 0 aliphatic carbocycles. The largest absolute Gasteiger partial charge is 0.497 e. The van der Waals surface area contributed by atoms with Crippen LogP contribution in [0.4, 0.5) is 0 Å². The molecule has 1 saturated heterocycles. The Morgan fingerprint density at radius 1 is 1.44 bits per heavy atom. The van der Waals surface area contributed by atoms with Gasteiger partial charge in [-0.15, -0.1) is 0 Å². The van der Waals surface area contributed by atoms with Crippen LogP contribution < -0.4 is 10.1 Å². The number of benzene rings is 1. The van der Waals surface area contributed by atoms with Crippen LogP contribution in [0.15, 0.2) is 24.3 Å². The fourth-order valence-electron chi connectivity index (χ4n) is 1.47. The van der Waals surface area contributed by atoms with Crippen LogP contribution in [0, 0.1) is 0 Å². The lowest BCUT2D eigenvalue weighted by Gasteiger charge is -2.25. The summed E-state index contributed by atoms with van der Waals surface area (Å²) in [5.74, 6) is 0.637. The van der Waals surface area contributed by atoms with E-state index in [4.69, 9.17) is 9.47 Å². The van der Waals surface area contributed by atoms with Gasteiger partial charge < -0.3 is 14.8 Å². The highest BCUT2D eigenvalue weighted by molar-refractivity contribution is 5.76. The van der Waals surface area contributed by atoms with E-state index in [9.17, 15) is 4.79 Å². The first-order valence-corrected chi connectivity index (χ1v) is 5.32. The van der Waals surface area contributed by atoms with E-state index in [1.54, 1.807) is 7.11 Å². The Morgan fingerprint density at radius 2 is 2.12 bits per heavy atom. The predicted octanol–water partition coefficient (Wildman–Crippen LogP) is 1.10. The number of carbonyl (C=O) groups excluding carboxylic acids is 1. The summed E-state index contributed by atoms with van der Waals surface area (Å²) in [4.78, 5) is 11.4. The number of hydrogen-bond acceptors (Lipinski definition) is 4. The maximum atomic E-state index is 11.4. The SMILES string of the molecule is COc1ccc(COC(=O)C2CCN2)cc1. The van der Waals surface area contributed by atoms with Crippen molar-refractivity contribution in [3.05, 3.63) is 29.8 Å². The molecule has 1 N–H and O–H groups in total. The fourth-order valence-corrected chi connectivity index (χ4v) is 1.47. The van der Waals surface area contributed by atoms with Gasteiger partial charge in [-0.3, -0.25) is 4.79 Å². The van der Waals surface area contributed by atoms with Gasteiger partial charge in [0.1, 0.15) is 18.4 Å². The molecule has 4 heteroatoms. The summed E-state index contributed by atoms with van der Waals surface area (Å²) in [6.07, 6.45) is 0.876. The predicted molar refractivity (Wildman–Crippen MR) is 59.2 cm³/mol. The summed E-state index contributed by atoms with van der Waals surface area (Å²) >= 11 is 0. The van der Waals surface area contributed by atoms with E-state index in [1.165, 1.54) is 0 Å². The van der Waals surface area contributed by atoms with Crippen molar-refractivity contribution >= 4 is 5.97 Å². The quantitative estimate of drug-likeness (QED) is 0.773. The van der Waals surface area contributed by atoms with Crippen molar-refractivity contribution in [2.75, 3.05) is 13.7 Å². The third-order valence-electron chi connectivity index (χ3n) is 2.65. The van der Waals surface area contributed by atoms with Crippen LogP contribution in [0.1, 0.15) is 12.0 Å². The molecule has 16 heavy (non-hydrogen) atoms. The molecule has 1 aliphatic rings. The van der Waals surface area contributed by atoms with E-state index in [2.05, 4.69) is 5.32 Å². The molecule has 0 spiro atoms. The van der Waals surface area contributed by atoms with Crippen molar-refractivity contribution in [2.24, 2.45) is 0 Å². The molecule has 1 unspecified atom stereocenters. The molecule has 0 saturated carbocycles. The van der Waals surface area contributed by atoms with E-state index in [1.807, 2.05) is 24.3 Å². The van der Waals surface area contributed by atoms with Crippen LogP contribution in [0.5, 0.6) is 5.75 Å². The molecule has 0 bridgehead atoms. The number of carbonyl (C=O) groups is 1. The Bertz CT molecular complexity index is 357. The van der Waals surface area contributed by atoms with Gasteiger partial charge in [0.25, 0.3) is 0 Å². The van der Waals surface area contributed by atoms with Crippen molar-refractivity contribution in [3.8, 4) is 5.75 Å². The highest BCUT2D eigenvalue weighted by Gasteiger charge is 2.25. The van der Waals surface area contributed by atoms with Gasteiger partial charge in [-0.2, -0.15) is 0 Å². The van der Waals surface area contributed by atoms with Gasteiger partial charge in [-0.25, -0.2) is 0 Å². The van der Waals surface area contributed by atoms with Crippen LogP contribution in [-0.2, 0) is 16.1 Å². The Balaban J connectivity index is 1.81. The molecule has 1 aliphatic heterocycles. The number of esters is 1. The van der Waals surface area contributed by atoms with Gasteiger partial charge in [0.05, 0.1) is 7.11 Å².